The van der Waals surface area contributed by atoms with Crippen molar-refractivity contribution in [2.24, 2.45) is 17.8 Å². The van der Waals surface area contributed by atoms with Crippen molar-refractivity contribution < 1.29 is 13.2 Å². The van der Waals surface area contributed by atoms with Gasteiger partial charge in [-0.1, -0.05) is 0 Å². The molecule has 0 nitrogen and oxygen atoms in total. The third-order valence-electron chi connectivity index (χ3n) is 2.32. The highest BCUT2D eigenvalue weighted by Gasteiger charge is 2.66. The Hall–Kier alpha value is -0.210. The predicted octanol–water partition coefficient (Wildman–Crippen LogP) is 2.20. The maximum Gasteiger partial charge on any atom is 0.389 e. The van der Waals surface area contributed by atoms with Gasteiger partial charge in [0.25, 0.3) is 0 Å². The summed E-state index contributed by atoms with van der Waals surface area (Å²) in [7, 11) is 0. The number of halogens is 3. The third-order valence-corrected chi connectivity index (χ3v) is 2.32. The van der Waals surface area contributed by atoms with E-state index in [0.717, 1.165) is 6.42 Å². The average Bonchev–Trinajstić information content (AvgIpc) is 2.39. The minimum atomic E-state index is -3.90. The molecule has 2 unspecified atom stereocenters. The highest BCUT2D eigenvalue weighted by atomic mass is 19.4. The Morgan fingerprint density at radius 1 is 1.22 bits per heavy atom. The van der Waals surface area contributed by atoms with Crippen molar-refractivity contribution in [1.29, 1.82) is 0 Å². The minimum absolute atomic E-state index is 0.0324. The SMILES string of the molecule is FC(F)(F)CC1C2CC21. The van der Waals surface area contributed by atoms with Crippen LogP contribution in [-0.4, -0.2) is 6.18 Å². The van der Waals surface area contributed by atoms with Gasteiger partial charge < -0.3 is 0 Å². The molecule has 2 atom stereocenters. The van der Waals surface area contributed by atoms with Crippen LogP contribution in [0, 0.1) is 17.8 Å². The zero-order chi connectivity index (χ0) is 6.65. The van der Waals surface area contributed by atoms with Gasteiger partial charge in [-0.05, 0) is 24.2 Å². The molecular weight excluding hydrogens is 129 g/mol. The van der Waals surface area contributed by atoms with Crippen LogP contribution in [0.3, 0.4) is 0 Å². The Morgan fingerprint density at radius 3 is 1.89 bits per heavy atom. The Kier molecular flexibility index (Phi) is 0.788. The molecule has 0 aromatic carbocycles. The zero-order valence-corrected chi connectivity index (χ0v) is 4.78. The molecule has 0 aromatic rings. The molecule has 0 amide bonds. The van der Waals surface area contributed by atoms with E-state index in [9.17, 15) is 13.2 Å². The molecule has 9 heavy (non-hydrogen) atoms. The topological polar surface area (TPSA) is 0 Å². The van der Waals surface area contributed by atoms with Crippen molar-refractivity contribution in [3.8, 4) is 0 Å². The van der Waals surface area contributed by atoms with Crippen molar-refractivity contribution in [2.45, 2.75) is 19.0 Å². The van der Waals surface area contributed by atoms with Crippen LogP contribution in [0.5, 0.6) is 0 Å². The van der Waals surface area contributed by atoms with Crippen molar-refractivity contribution >= 4 is 0 Å². The fourth-order valence-corrected chi connectivity index (χ4v) is 1.48. The van der Waals surface area contributed by atoms with Gasteiger partial charge in [-0.3, -0.25) is 0 Å². The van der Waals surface area contributed by atoms with Gasteiger partial charge in [0.15, 0.2) is 0 Å². The summed E-state index contributed by atoms with van der Waals surface area (Å²) in [6.45, 7) is 0. The van der Waals surface area contributed by atoms with Crippen LogP contribution in [0.25, 0.3) is 0 Å². The lowest BCUT2D eigenvalue weighted by molar-refractivity contribution is -0.141. The van der Waals surface area contributed by atoms with Crippen molar-refractivity contribution in [1.82, 2.24) is 0 Å². The summed E-state index contributed by atoms with van der Waals surface area (Å²) < 4.78 is 34.6. The lowest BCUT2D eigenvalue weighted by Gasteiger charge is -2.06. The van der Waals surface area contributed by atoms with E-state index in [1.165, 1.54) is 0 Å². The molecule has 0 radical (unpaired) electrons. The second kappa shape index (κ2) is 1.27. The summed E-state index contributed by atoms with van der Waals surface area (Å²) in [5.41, 5.74) is 0. The standard InChI is InChI=1S/C6H7F3/c7-6(8,9)2-5-3-1-4(3)5/h3-5H,1-2H2. The molecule has 52 valence electrons. The summed E-state index contributed by atoms with van der Waals surface area (Å²) in [4.78, 5) is 0. The largest absolute Gasteiger partial charge is 0.389 e. The zero-order valence-electron chi connectivity index (χ0n) is 4.78. The van der Waals surface area contributed by atoms with Gasteiger partial charge in [-0.25, -0.2) is 0 Å². The third kappa shape index (κ3) is 0.926. The normalized spacial score (nSPS) is 46.3. The van der Waals surface area contributed by atoms with E-state index in [4.69, 9.17) is 0 Å². The van der Waals surface area contributed by atoms with E-state index in [2.05, 4.69) is 0 Å². The molecule has 2 rings (SSSR count). The fourth-order valence-electron chi connectivity index (χ4n) is 1.48. The number of hydrogen-bond acceptors (Lipinski definition) is 0. The average molecular weight is 136 g/mol. The van der Waals surface area contributed by atoms with Crippen LogP contribution in [0.2, 0.25) is 0 Å². The van der Waals surface area contributed by atoms with Gasteiger partial charge in [0.1, 0.15) is 0 Å². The highest BCUT2D eigenvalue weighted by Crippen LogP contribution is 2.70. The molecule has 0 N–H and O–H groups in total. The van der Waals surface area contributed by atoms with Gasteiger partial charge in [-0.15, -0.1) is 0 Å². The second-order valence-electron chi connectivity index (χ2n) is 3.05. The van der Waals surface area contributed by atoms with E-state index in [1.807, 2.05) is 0 Å². The van der Waals surface area contributed by atoms with Gasteiger partial charge in [-0.2, -0.15) is 13.2 Å². The first-order valence-corrected chi connectivity index (χ1v) is 3.15. The second-order valence-corrected chi connectivity index (χ2v) is 3.05. The van der Waals surface area contributed by atoms with E-state index < -0.39 is 12.6 Å². The number of rotatable bonds is 1. The Morgan fingerprint density at radius 2 is 1.78 bits per heavy atom. The van der Waals surface area contributed by atoms with Crippen LogP contribution in [0.1, 0.15) is 12.8 Å². The smallest absolute Gasteiger partial charge is 0.171 e. The Bertz CT molecular complexity index is 130. The molecule has 2 fully saturated rings. The monoisotopic (exact) mass is 136 g/mol. The first kappa shape index (κ1) is 5.57. The van der Waals surface area contributed by atoms with Crippen LogP contribution >= 0.6 is 0 Å². The Balaban J connectivity index is 1.78. The molecular formula is C6H7F3. The number of fused-ring (bicyclic) bond motifs is 1. The molecule has 2 aliphatic carbocycles. The molecule has 0 aliphatic heterocycles. The first-order valence-electron chi connectivity index (χ1n) is 3.15. The van der Waals surface area contributed by atoms with Crippen molar-refractivity contribution in [2.75, 3.05) is 0 Å². The van der Waals surface area contributed by atoms with E-state index in [-0.39, 0.29) is 5.92 Å². The highest BCUT2D eigenvalue weighted by molar-refractivity contribution is 5.12. The number of hydrogen-bond donors (Lipinski definition) is 0. The maximum absolute atomic E-state index is 11.5. The van der Waals surface area contributed by atoms with Gasteiger partial charge in [0.2, 0.25) is 0 Å². The maximum atomic E-state index is 11.5. The lowest BCUT2D eigenvalue weighted by atomic mass is 10.1. The summed E-state index contributed by atoms with van der Waals surface area (Å²) in [6, 6.07) is 0. The molecule has 3 heteroatoms. The summed E-state index contributed by atoms with van der Waals surface area (Å²) in [5.74, 6) is 0.989. The summed E-state index contributed by atoms with van der Waals surface area (Å²) >= 11 is 0. The fraction of sp³-hybridized carbons (Fsp3) is 1.00. The van der Waals surface area contributed by atoms with Crippen LogP contribution in [0.15, 0.2) is 0 Å². The lowest BCUT2D eigenvalue weighted by Crippen LogP contribution is -2.10. The summed E-state index contributed by atoms with van der Waals surface area (Å²) in [5, 5.41) is 0. The van der Waals surface area contributed by atoms with E-state index in [0.29, 0.717) is 11.8 Å². The summed E-state index contributed by atoms with van der Waals surface area (Å²) in [6.07, 6.45) is -3.36. The molecule has 2 aliphatic rings. The van der Waals surface area contributed by atoms with Crippen LogP contribution < -0.4 is 0 Å². The first-order chi connectivity index (χ1) is 4.08. The predicted molar refractivity (Wildman–Crippen MR) is 25.8 cm³/mol. The minimum Gasteiger partial charge on any atom is -0.171 e. The van der Waals surface area contributed by atoms with Crippen molar-refractivity contribution in [3.63, 3.8) is 0 Å². The molecule has 0 spiro atoms. The molecule has 2 saturated carbocycles. The van der Waals surface area contributed by atoms with Crippen molar-refractivity contribution in [3.05, 3.63) is 0 Å². The molecule has 0 bridgehead atoms. The van der Waals surface area contributed by atoms with Gasteiger partial charge >= 0.3 is 6.18 Å². The quantitative estimate of drug-likeness (QED) is 0.518. The van der Waals surface area contributed by atoms with Gasteiger partial charge in [0.05, 0.1) is 0 Å². The molecule has 0 heterocycles. The van der Waals surface area contributed by atoms with Crippen LogP contribution in [-0.2, 0) is 0 Å². The molecule has 0 aromatic heterocycles. The van der Waals surface area contributed by atoms with Gasteiger partial charge in [0, 0.05) is 6.42 Å². The number of alkyl halides is 3. The molecule has 0 saturated heterocycles. The Labute approximate surface area is 51.0 Å². The van der Waals surface area contributed by atoms with E-state index in [1.54, 1.807) is 0 Å². The van der Waals surface area contributed by atoms with Crippen LogP contribution in [0.4, 0.5) is 13.2 Å². The van der Waals surface area contributed by atoms with E-state index >= 15 is 0 Å².